The molecular formula is C18H30N2O. The van der Waals surface area contributed by atoms with E-state index in [1.54, 1.807) is 0 Å². The third-order valence-electron chi connectivity index (χ3n) is 4.25. The Morgan fingerprint density at radius 2 is 1.90 bits per heavy atom. The standard InChI is InChI=1S/C18H30N2O/c1-4-11-19-13-17-14(2)12-15(3)20-18(17)21-16-9-7-5-6-8-10-16/h12,16,19H,4-11,13H2,1-3H3. The fourth-order valence-electron chi connectivity index (χ4n) is 3.05. The van der Waals surface area contributed by atoms with Crippen molar-refractivity contribution >= 4 is 0 Å². The van der Waals surface area contributed by atoms with E-state index in [1.165, 1.54) is 49.7 Å². The van der Waals surface area contributed by atoms with Crippen molar-refractivity contribution in [1.29, 1.82) is 0 Å². The molecule has 1 aromatic rings. The number of hydrogen-bond acceptors (Lipinski definition) is 3. The summed E-state index contributed by atoms with van der Waals surface area (Å²) in [5.41, 5.74) is 3.57. The van der Waals surface area contributed by atoms with Crippen molar-refractivity contribution in [1.82, 2.24) is 10.3 Å². The maximum absolute atomic E-state index is 6.31. The van der Waals surface area contributed by atoms with Crippen molar-refractivity contribution in [3.8, 4) is 5.88 Å². The molecule has 0 spiro atoms. The molecule has 0 bridgehead atoms. The Morgan fingerprint density at radius 3 is 2.57 bits per heavy atom. The van der Waals surface area contributed by atoms with Gasteiger partial charge >= 0.3 is 0 Å². The molecule has 2 rings (SSSR count). The van der Waals surface area contributed by atoms with Gasteiger partial charge in [-0.05, 0) is 64.1 Å². The molecule has 0 radical (unpaired) electrons. The first-order valence-corrected chi connectivity index (χ1v) is 8.55. The van der Waals surface area contributed by atoms with Crippen molar-refractivity contribution in [2.24, 2.45) is 0 Å². The minimum atomic E-state index is 0.353. The minimum absolute atomic E-state index is 0.353. The maximum atomic E-state index is 6.31. The minimum Gasteiger partial charge on any atom is -0.474 e. The third-order valence-corrected chi connectivity index (χ3v) is 4.25. The lowest BCUT2D eigenvalue weighted by molar-refractivity contribution is 0.173. The lowest BCUT2D eigenvalue weighted by atomic mass is 10.1. The van der Waals surface area contributed by atoms with Crippen LogP contribution in [0.15, 0.2) is 6.07 Å². The molecule has 1 aliphatic carbocycles. The van der Waals surface area contributed by atoms with Crippen LogP contribution in [-0.4, -0.2) is 17.6 Å². The van der Waals surface area contributed by atoms with E-state index in [2.05, 4.69) is 37.1 Å². The maximum Gasteiger partial charge on any atom is 0.218 e. The van der Waals surface area contributed by atoms with Gasteiger partial charge < -0.3 is 10.1 Å². The highest BCUT2D eigenvalue weighted by atomic mass is 16.5. The third kappa shape index (κ3) is 4.99. The number of pyridine rings is 1. The number of ether oxygens (including phenoxy) is 1. The van der Waals surface area contributed by atoms with E-state index < -0.39 is 0 Å². The van der Waals surface area contributed by atoms with E-state index in [1.807, 2.05) is 0 Å². The average molecular weight is 290 g/mol. The van der Waals surface area contributed by atoms with Gasteiger partial charge in [0.05, 0.1) is 0 Å². The fraction of sp³-hybridized carbons (Fsp3) is 0.722. The van der Waals surface area contributed by atoms with Crippen molar-refractivity contribution < 1.29 is 4.74 Å². The molecular weight excluding hydrogens is 260 g/mol. The van der Waals surface area contributed by atoms with Crippen molar-refractivity contribution in [2.45, 2.75) is 78.4 Å². The summed E-state index contributed by atoms with van der Waals surface area (Å²) in [6.07, 6.45) is 9.14. The zero-order chi connectivity index (χ0) is 15.1. The Kier molecular flexibility index (Phi) is 6.50. The Hall–Kier alpha value is -1.09. The van der Waals surface area contributed by atoms with E-state index >= 15 is 0 Å². The topological polar surface area (TPSA) is 34.2 Å². The summed E-state index contributed by atoms with van der Waals surface area (Å²) in [5.74, 6) is 0.864. The summed E-state index contributed by atoms with van der Waals surface area (Å²) >= 11 is 0. The SMILES string of the molecule is CCCNCc1c(C)cc(C)nc1OC1CCCCCC1. The van der Waals surface area contributed by atoms with E-state index in [9.17, 15) is 0 Å². The number of hydrogen-bond donors (Lipinski definition) is 1. The van der Waals surface area contributed by atoms with Crippen LogP contribution in [0.25, 0.3) is 0 Å². The van der Waals surface area contributed by atoms with Gasteiger partial charge in [0.25, 0.3) is 0 Å². The van der Waals surface area contributed by atoms with Gasteiger partial charge in [0.1, 0.15) is 6.10 Å². The van der Waals surface area contributed by atoms with Gasteiger partial charge in [0.15, 0.2) is 0 Å². The van der Waals surface area contributed by atoms with Gasteiger partial charge in [0, 0.05) is 17.8 Å². The van der Waals surface area contributed by atoms with Crippen molar-refractivity contribution in [3.05, 3.63) is 22.9 Å². The summed E-state index contributed by atoms with van der Waals surface area (Å²) < 4.78 is 6.31. The molecule has 1 saturated carbocycles. The molecule has 21 heavy (non-hydrogen) atoms. The summed E-state index contributed by atoms with van der Waals surface area (Å²) in [5, 5.41) is 3.48. The van der Waals surface area contributed by atoms with Crippen LogP contribution in [0.3, 0.4) is 0 Å². The highest BCUT2D eigenvalue weighted by Crippen LogP contribution is 2.26. The second-order valence-corrected chi connectivity index (χ2v) is 6.27. The average Bonchev–Trinajstić information content (AvgIpc) is 2.70. The molecule has 1 heterocycles. The Bertz CT molecular complexity index is 437. The largest absolute Gasteiger partial charge is 0.474 e. The van der Waals surface area contributed by atoms with Gasteiger partial charge in [0.2, 0.25) is 5.88 Å². The smallest absolute Gasteiger partial charge is 0.218 e. The van der Waals surface area contributed by atoms with Gasteiger partial charge in [-0.3, -0.25) is 0 Å². The van der Waals surface area contributed by atoms with Crippen molar-refractivity contribution in [3.63, 3.8) is 0 Å². The molecule has 0 aliphatic heterocycles. The summed E-state index contributed by atoms with van der Waals surface area (Å²) in [7, 11) is 0. The molecule has 1 aliphatic rings. The number of aryl methyl sites for hydroxylation is 2. The highest BCUT2D eigenvalue weighted by Gasteiger charge is 2.17. The van der Waals surface area contributed by atoms with Crippen LogP contribution in [0.5, 0.6) is 5.88 Å². The van der Waals surface area contributed by atoms with E-state index in [0.29, 0.717) is 6.10 Å². The summed E-state index contributed by atoms with van der Waals surface area (Å²) in [6.45, 7) is 8.30. The van der Waals surface area contributed by atoms with Gasteiger partial charge in [-0.15, -0.1) is 0 Å². The number of aromatic nitrogens is 1. The molecule has 3 heteroatoms. The first-order valence-electron chi connectivity index (χ1n) is 8.55. The quantitative estimate of drug-likeness (QED) is 0.626. The second-order valence-electron chi connectivity index (χ2n) is 6.27. The molecule has 0 aromatic carbocycles. The van der Waals surface area contributed by atoms with Crippen LogP contribution in [0.4, 0.5) is 0 Å². The molecule has 1 fully saturated rings. The zero-order valence-electron chi connectivity index (χ0n) is 13.9. The molecule has 118 valence electrons. The van der Waals surface area contributed by atoms with Gasteiger partial charge in [-0.1, -0.05) is 19.8 Å². The van der Waals surface area contributed by atoms with Crippen LogP contribution in [0.2, 0.25) is 0 Å². The zero-order valence-corrected chi connectivity index (χ0v) is 13.9. The van der Waals surface area contributed by atoms with E-state index in [0.717, 1.165) is 31.1 Å². The Balaban J connectivity index is 2.11. The van der Waals surface area contributed by atoms with Crippen molar-refractivity contribution in [2.75, 3.05) is 6.54 Å². The first kappa shape index (κ1) is 16.3. The van der Waals surface area contributed by atoms with Crippen LogP contribution in [-0.2, 0) is 6.54 Å². The molecule has 0 amide bonds. The molecule has 0 atom stereocenters. The number of rotatable bonds is 6. The summed E-state index contributed by atoms with van der Waals surface area (Å²) in [6, 6.07) is 2.16. The predicted molar refractivity (Wildman–Crippen MR) is 87.8 cm³/mol. The molecule has 1 N–H and O–H groups in total. The van der Waals surface area contributed by atoms with Crippen LogP contribution in [0.1, 0.15) is 68.7 Å². The predicted octanol–water partition coefficient (Wildman–Crippen LogP) is 4.30. The fourth-order valence-corrected chi connectivity index (χ4v) is 3.05. The number of nitrogens with zero attached hydrogens (tertiary/aromatic N) is 1. The van der Waals surface area contributed by atoms with Gasteiger partial charge in [-0.2, -0.15) is 0 Å². The van der Waals surface area contributed by atoms with E-state index in [4.69, 9.17) is 4.74 Å². The Morgan fingerprint density at radius 1 is 1.19 bits per heavy atom. The highest BCUT2D eigenvalue weighted by molar-refractivity contribution is 5.36. The van der Waals surface area contributed by atoms with Crippen LogP contribution >= 0.6 is 0 Å². The van der Waals surface area contributed by atoms with Crippen LogP contribution in [0, 0.1) is 13.8 Å². The monoisotopic (exact) mass is 290 g/mol. The molecule has 3 nitrogen and oxygen atoms in total. The molecule has 0 saturated heterocycles. The second kappa shape index (κ2) is 8.38. The van der Waals surface area contributed by atoms with Gasteiger partial charge in [-0.25, -0.2) is 4.98 Å². The lowest BCUT2D eigenvalue weighted by Gasteiger charge is -2.20. The summed E-state index contributed by atoms with van der Waals surface area (Å²) in [4.78, 5) is 4.68. The van der Waals surface area contributed by atoms with E-state index in [-0.39, 0.29) is 0 Å². The number of nitrogens with one attached hydrogen (secondary N) is 1. The molecule has 0 unspecified atom stereocenters. The first-order chi connectivity index (χ1) is 10.2. The Labute approximate surface area is 129 Å². The molecule has 1 aromatic heterocycles. The lowest BCUT2D eigenvalue weighted by Crippen LogP contribution is -2.20. The van der Waals surface area contributed by atoms with Crippen LogP contribution < -0.4 is 10.1 Å². The normalized spacial score (nSPS) is 16.7.